The van der Waals surface area contributed by atoms with Gasteiger partial charge in [0, 0.05) is 19.2 Å². The molecule has 2 aliphatic heterocycles. The summed E-state index contributed by atoms with van der Waals surface area (Å²) in [5.41, 5.74) is 0.410. The van der Waals surface area contributed by atoms with Crippen LogP contribution in [-0.2, 0) is 4.74 Å². The van der Waals surface area contributed by atoms with Crippen LogP contribution in [0.5, 0.6) is 0 Å². The third kappa shape index (κ3) is 1.84. The Morgan fingerprint density at radius 3 is 2.73 bits per heavy atom. The number of nitro groups is 1. The maximum atomic E-state index is 11.2. The van der Waals surface area contributed by atoms with Crippen molar-refractivity contribution in [2.45, 2.75) is 0 Å². The highest BCUT2D eigenvalue weighted by Crippen LogP contribution is 2.14. The van der Waals surface area contributed by atoms with Gasteiger partial charge in [0.15, 0.2) is 5.70 Å². The van der Waals surface area contributed by atoms with E-state index in [1.54, 1.807) is 0 Å². The van der Waals surface area contributed by atoms with Crippen LogP contribution in [0, 0.1) is 15.3 Å². The minimum Gasteiger partial charge on any atom is -0.619 e. The van der Waals surface area contributed by atoms with Gasteiger partial charge in [0.2, 0.25) is 0 Å². The number of nitrogens with one attached hydrogen (secondary N) is 1. The number of hydrogen-bond acceptors (Lipinski definition) is 5. The summed E-state index contributed by atoms with van der Waals surface area (Å²) in [5.74, 6) is -0.322. The van der Waals surface area contributed by atoms with Gasteiger partial charge < -0.3 is 14.8 Å². The predicted molar refractivity (Wildman–Crippen MR) is 49.9 cm³/mol. The zero-order valence-electron chi connectivity index (χ0n) is 8.01. The number of nitrogens with zero attached hydrogens (tertiary/aromatic N) is 2. The molecule has 0 aliphatic carbocycles. The summed E-state index contributed by atoms with van der Waals surface area (Å²) in [6.07, 6.45) is 2.74. The largest absolute Gasteiger partial charge is 0.619 e. The fourth-order valence-corrected chi connectivity index (χ4v) is 1.68. The molecule has 1 unspecified atom stereocenters. The molecule has 2 rings (SSSR count). The molecule has 0 spiro atoms. The molecule has 82 valence electrons. The van der Waals surface area contributed by atoms with Crippen molar-refractivity contribution in [3.05, 3.63) is 39.1 Å². The van der Waals surface area contributed by atoms with E-state index in [4.69, 9.17) is 4.74 Å². The minimum absolute atomic E-state index is 0.322. The smallest absolute Gasteiger partial charge is 0.454 e. The van der Waals surface area contributed by atoms with E-state index in [-0.39, 0.29) is 5.82 Å². The number of rotatable bonds is 2. The Morgan fingerprint density at radius 1 is 1.47 bits per heavy atom. The van der Waals surface area contributed by atoms with E-state index < -0.39 is 9.99 Å². The van der Waals surface area contributed by atoms with Crippen LogP contribution in [0.2, 0.25) is 0 Å². The van der Waals surface area contributed by atoms with Crippen molar-refractivity contribution >= 4 is 0 Å². The lowest BCUT2D eigenvalue weighted by atomic mass is 10.3. The van der Waals surface area contributed by atoms with Crippen molar-refractivity contribution < 1.29 is 14.7 Å². The molecule has 1 saturated heterocycles. The first-order chi connectivity index (χ1) is 7.20. The highest BCUT2D eigenvalue weighted by Gasteiger charge is 2.33. The lowest BCUT2D eigenvalue weighted by molar-refractivity contribution is -0.824. The van der Waals surface area contributed by atoms with Crippen molar-refractivity contribution in [3.63, 3.8) is 0 Å². The number of hydroxylamine groups is 2. The fourth-order valence-electron chi connectivity index (χ4n) is 1.68. The zero-order chi connectivity index (χ0) is 10.8. The Morgan fingerprint density at radius 2 is 2.13 bits per heavy atom. The van der Waals surface area contributed by atoms with Crippen molar-refractivity contribution in [2.24, 2.45) is 0 Å². The quantitative estimate of drug-likeness (QED) is 0.349. The van der Waals surface area contributed by atoms with E-state index in [1.165, 1.54) is 12.3 Å². The van der Waals surface area contributed by atoms with Crippen molar-refractivity contribution in [1.82, 2.24) is 4.90 Å². The third-order valence-electron chi connectivity index (χ3n) is 2.40. The number of allylic oxidation sites excluding steroid dienone is 1. The van der Waals surface area contributed by atoms with Gasteiger partial charge in [-0.25, -0.2) is 0 Å². The molecule has 0 radical (unpaired) electrons. The molecule has 0 aromatic heterocycles. The topological polar surface area (TPSA) is 83.1 Å². The molecular formula is C8H11N3O4. The summed E-state index contributed by atoms with van der Waals surface area (Å²) in [6.45, 7) is 2.25. The first kappa shape index (κ1) is 10.1. The normalized spacial score (nSPS) is 26.2. The molecule has 0 aromatic carbocycles. The van der Waals surface area contributed by atoms with Crippen molar-refractivity contribution in [2.75, 3.05) is 26.3 Å². The third-order valence-corrected chi connectivity index (χ3v) is 2.40. The van der Waals surface area contributed by atoms with Crippen LogP contribution < -0.4 is 5.06 Å². The first-order valence-corrected chi connectivity index (χ1v) is 4.64. The van der Waals surface area contributed by atoms with Gasteiger partial charge in [0.25, 0.3) is 0 Å². The Bertz CT molecular complexity index is 333. The van der Waals surface area contributed by atoms with E-state index in [1.807, 2.05) is 4.90 Å². The van der Waals surface area contributed by atoms with Gasteiger partial charge in [-0.05, 0) is 0 Å². The average Bonchev–Trinajstić information content (AvgIpc) is 2.61. The van der Waals surface area contributed by atoms with Crippen LogP contribution in [0.4, 0.5) is 0 Å². The van der Waals surface area contributed by atoms with Gasteiger partial charge in [0.1, 0.15) is 11.1 Å². The summed E-state index contributed by atoms with van der Waals surface area (Å²) < 4.78 is 5.14. The van der Waals surface area contributed by atoms with E-state index in [9.17, 15) is 15.3 Å². The average molecular weight is 213 g/mol. The molecule has 2 aliphatic rings. The summed E-state index contributed by atoms with van der Waals surface area (Å²) in [4.78, 5) is 11.9. The van der Waals surface area contributed by atoms with Gasteiger partial charge in [-0.15, -0.1) is 0 Å². The van der Waals surface area contributed by atoms with Crippen LogP contribution in [-0.4, -0.2) is 36.1 Å². The molecule has 2 heterocycles. The molecule has 0 aromatic rings. The Balaban J connectivity index is 2.24. The second kappa shape index (κ2) is 3.97. The minimum atomic E-state index is -0.618. The molecule has 1 N–H and O–H groups in total. The highest BCUT2D eigenvalue weighted by molar-refractivity contribution is 5.21. The molecule has 7 nitrogen and oxygen atoms in total. The van der Waals surface area contributed by atoms with Crippen molar-refractivity contribution in [3.8, 4) is 0 Å². The van der Waals surface area contributed by atoms with Crippen LogP contribution in [0.25, 0.3) is 0 Å². The van der Waals surface area contributed by atoms with Crippen molar-refractivity contribution in [1.29, 1.82) is 0 Å². The van der Waals surface area contributed by atoms with Gasteiger partial charge >= 0.3 is 5.82 Å². The van der Waals surface area contributed by atoms with Gasteiger partial charge in [-0.2, -0.15) is 0 Å². The number of morpholine rings is 1. The standard InChI is InChI=1S/C8H11N3O4/c12-10-2-1-7(8(10)11(13)14)9-3-5-15-6-4-9/h1-2,10H,3-6H2. The monoisotopic (exact) mass is 213 g/mol. The fraction of sp³-hybridized carbons (Fsp3) is 0.500. The van der Waals surface area contributed by atoms with Gasteiger partial charge in [-0.3, -0.25) is 15.2 Å². The molecule has 0 saturated carbocycles. The molecule has 15 heavy (non-hydrogen) atoms. The number of quaternary nitrogens is 1. The second-order valence-electron chi connectivity index (χ2n) is 3.29. The lowest BCUT2D eigenvalue weighted by Gasteiger charge is -2.27. The Kier molecular flexibility index (Phi) is 2.67. The molecule has 1 atom stereocenters. The van der Waals surface area contributed by atoms with E-state index in [0.717, 1.165) is 0 Å². The van der Waals surface area contributed by atoms with Crippen LogP contribution >= 0.6 is 0 Å². The maximum absolute atomic E-state index is 11.2. The Hall–Kier alpha value is -1.44. The lowest BCUT2D eigenvalue weighted by Crippen LogP contribution is -3.00. The molecule has 7 heteroatoms. The molecule has 0 bridgehead atoms. The summed E-state index contributed by atoms with van der Waals surface area (Å²) in [5, 5.41) is 21.4. The van der Waals surface area contributed by atoms with Crippen LogP contribution in [0.3, 0.4) is 0 Å². The maximum Gasteiger partial charge on any atom is 0.454 e. The molecular weight excluding hydrogens is 202 g/mol. The SMILES string of the molecule is O=[N+]([O-])C1=C(N2CCOCC2)C=C[NH+]1[O-]. The van der Waals surface area contributed by atoms with E-state index in [2.05, 4.69) is 0 Å². The summed E-state index contributed by atoms with van der Waals surface area (Å²) in [7, 11) is 0. The zero-order valence-corrected chi connectivity index (χ0v) is 8.01. The van der Waals surface area contributed by atoms with Gasteiger partial charge in [0.05, 0.1) is 13.2 Å². The summed E-state index contributed by atoms with van der Waals surface area (Å²) >= 11 is 0. The van der Waals surface area contributed by atoms with Crippen LogP contribution in [0.1, 0.15) is 0 Å². The number of ether oxygens (including phenoxy) is 1. The molecule has 1 fully saturated rings. The highest BCUT2D eigenvalue weighted by atomic mass is 16.6. The van der Waals surface area contributed by atoms with Crippen LogP contribution in [0.15, 0.2) is 23.8 Å². The van der Waals surface area contributed by atoms with Gasteiger partial charge in [-0.1, -0.05) is 0 Å². The Labute approximate surface area is 85.9 Å². The molecule has 0 amide bonds. The predicted octanol–water partition coefficient (Wildman–Crippen LogP) is -1.33. The second-order valence-corrected chi connectivity index (χ2v) is 3.29. The number of hydrogen-bond donors (Lipinski definition) is 1. The first-order valence-electron chi connectivity index (χ1n) is 4.64. The van der Waals surface area contributed by atoms with E-state index in [0.29, 0.717) is 32.0 Å². The summed E-state index contributed by atoms with van der Waals surface area (Å²) in [6, 6.07) is 0. The van der Waals surface area contributed by atoms with E-state index >= 15 is 0 Å².